The molecule has 0 N–H and O–H groups in total. The van der Waals surface area contributed by atoms with Crippen LogP contribution in [0.4, 0.5) is 20.2 Å². The van der Waals surface area contributed by atoms with Crippen LogP contribution in [0.15, 0.2) is 47.6 Å². The van der Waals surface area contributed by atoms with Gasteiger partial charge >= 0.3 is 0 Å². The van der Waals surface area contributed by atoms with Crippen molar-refractivity contribution in [3.05, 3.63) is 64.6 Å². The number of hydrogen-bond donors (Lipinski definition) is 0. The standard InChI is InChI=1S/C23H27F2N3O/c24-17-5-8-19(9-6-17)28-22-10-7-18(25)15-20(22)21-16-27(14-11-23(21)28)13-4-2-1-3-12-26-29/h5-10,15,21,23H,1-4,11-14,16H2/t21-,23+/m0/s1. The Balaban J connectivity index is 1.47. The molecular formula is C23H27F2N3O. The molecule has 0 radical (unpaired) electrons. The maximum Gasteiger partial charge on any atom is 0.123 e. The van der Waals surface area contributed by atoms with Crippen molar-refractivity contribution >= 4 is 11.4 Å². The summed E-state index contributed by atoms with van der Waals surface area (Å²) in [5.74, 6) is -0.203. The lowest BCUT2D eigenvalue weighted by atomic mass is 9.88. The highest BCUT2D eigenvalue weighted by Gasteiger charge is 2.42. The Bertz CT molecular complexity index is 843. The fourth-order valence-electron chi connectivity index (χ4n) is 4.84. The van der Waals surface area contributed by atoms with Gasteiger partial charge in [0.25, 0.3) is 0 Å². The van der Waals surface area contributed by atoms with E-state index >= 15 is 0 Å². The molecule has 2 heterocycles. The lowest BCUT2D eigenvalue weighted by Gasteiger charge is -2.39. The molecule has 1 fully saturated rings. The number of hydrogen-bond acceptors (Lipinski definition) is 4. The van der Waals surface area contributed by atoms with Crippen LogP contribution >= 0.6 is 0 Å². The van der Waals surface area contributed by atoms with E-state index in [9.17, 15) is 13.7 Å². The fourth-order valence-corrected chi connectivity index (χ4v) is 4.84. The van der Waals surface area contributed by atoms with E-state index < -0.39 is 0 Å². The third-order valence-corrected chi connectivity index (χ3v) is 6.22. The second kappa shape index (κ2) is 8.99. The molecule has 2 aliphatic heterocycles. The zero-order valence-electron chi connectivity index (χ0n) is 16.6. The number of anilines is 2. The molecule has 154 valence electrons. The molecule has 0 spiro atoms. The van der Waals surface area contributed by atoms with Crippen molar-refractivity contribution in [1.82, 2.24) is 4.90 Å². The number of benzene rings is 2. The van der Waals surface area contributed by atoms with Crippen molar-refractivity contribution < 1.29 is 8.78 Å². The summed E-state index contributed by atoms with van der Waals surface area (Å²) < 4.78 is 27.5. The van der Waals surface area contributed by atoms with Gasteiger partial charge in [-0.25, -0.2) is 8.78 Å². The van der Waals surface area contributed by atoms with Crippen LogP contribution in [-0.2, 0) is 0 Å². The molecule has 0 saturated carbocycles. The Kier molecular flexibility index (Phi) is 6.19. The first-order valence-electron chi connectivity index (χ1n) is 10.5. The number of unbranched alkanes of at least 4 members (excludes halogenated alkanes) is 3. The predicted octanol–water partition coefficient (Wildman–Crippen LogP) is 5.60. The number of rotatable bonds is 8. The third kappa shape index (κ3) is 4.32. The van der Waals surface area contributed by atoms with Crippen molar-refractivity contribution in [2.75, 3.05) is 31.1 Å². The molecule has 2 aliphatic rings. The van der Waals surface area contributed by atoms with Gasteiger partial charge in [-0.1, -0.05) is 18.0 Å². The zero-order chi connectivity index (χ0) is 20.2. The lowest BCUT2D eigenvalue weighted by molar-refractivity contribution is 0.193. The van der Waals surface area contributed by atoms with Crippen LogP contribution in [0.2, 0.25) is 0 Å². The van der Waals surface area contributed by atoms with E-state index in [2.05, 4.69) is 15.0 Å². The number of nitrogens with zero attached hydrogens (tertiary/aromatic N) is 3. The van der Waals surface area contributed by atoms with Gasteiger partial charge in [-0.05, 0) is 73.8 Å². The van der Waals surface area contributed by atoms with Gasteiger partial charge < -0.3 is 9.80 Å². The number of fused-ring (bicyclic) bond motifs is 3. The first-order valence-corrected chi connectivity index (χ1v) is 10.5. The van der Waals surface area contributed by atoms with Crippen LogP contribution in [-0.4, -0.2) is 37.1 Å². The topological polar surface area (TPSA) is 35.9 Å². The summed E-state index contributed by atoms with van der Waals surface area (Å²) in [5.41, 5.74) is 3.06. The van der Waals surface area contributed by atoms with Gasteiger partial charge in [0.05, 0.1) is 6.54 Å². The van der Waals surface area contributed by atoms with Crippen molar-refractivity contribution in [3.8, 4) is 0 Å². The van der Waals surface area contributed by atoms with Gasteiger partial charge in [-0.15, -0.1) is 0 Å². The van der Waals surface area contributed by atoms with Crippen LogP contribution < -0.4 is 4.90 Å². The summed E-state index contributed by atoms with van der Waals surface area (Å²) in [5, 5.41) is 2.91. The summed E-state index contributed by atoms with van der Waals surface area (Å²) >= 11 is 0. The Morgan fingerprint density at radius 3 is 2.52 bits per heavy atom. The average molecular weight is 399 g/mol. The second-order valence-electron chi connectivity index (χ2n) is 8.08. The first-order chi connectivity index (χ1) is 14.2. The molecule has 2 aromatic rings. The second-order valence-corrected chi connectivity index (χ2v) is 8.08. The highest BCUT2D eigenvalue weighted by molar-refractivity contribution is 5.73. The van der Waals surface area contributed by atoms with Crippen LogP contribution in [0.1, 0.15) is 43.6 Å². The van der Waals surface area contributed by atoms with Crippen molar-refractivity contribution in [2.24, 2.45) is 5.18 Å². The minimum Gasteiger partial charge on any atom is -0.337 e. The highest BCUT2D eigenvalue weighted by Crippen LogP contribution is 2.48. The molecule has 0 bridgehead atoms. The smallest absolute Gasteiger partial charge is 0.123 e. The maximum absolute atomic E-state index is 14.0. The SMILES string of the molecule is O=NCCCCCCN1CC[C@@H]2[C@@H](C1)c1cc(F)ccc1N2c1ccc(F)cc1. The van der Waals surface area contributed by atoms with Gasteiger partial charge in [0.1, 0.15) is 11.6 Å². The molecule has 4 rings (SSSR count). The molecule has 29 heavy (non-hydrogen) atoms. The van der Waals surface area contributed by atoms with Crippen LogP contribution in [0.5, 0.6) is 0 Å². The Morgan fingerprint density at radius 2 is 1.72 bits per heavy atom. The Hall–Kier alpha value is -2.34. The molecule has 0 unspecified atom stereocenters. The molecule has 4 nitrogen and oxygen atoms in total. The summed E-state index contributed by atoms with van der Waals surface area (Å²) in [6, 6.07) is 11.9. The monoisotopic (exact) mass is 399 g/mol. The molecule has 2 aromatic carbocycles. The van der Waals surface area contributed by atoms with Crippen LogP contribution in [0.3, 0.4) is 0 Å². The van der Waals surface area contributed by atoms with Gasteiger partial charge in [-0.2, -0.15) is 4.91 Å². The largest absolute Gasteiger partial charge is 0.337 e. The fraction of sp³-hybridized carbons (Fsp3) is 0.478. The van der Waals surface area contributed by atoms with Crippen molar-refractivity contribution in [1.29, 1.82) is 0 Å². The van der Waals surface area contributed by atoms with E-state index in [1.54, 1.807) is 6.07 Å². The Morgan fingerprint density at radius 1 is 0.966 bits per heavy atom. The van der Waals surface area contributed by atoms with Gasteiger partial charge in [0, 0.05) is 36.4 Å². The van der Waals surface area contributed by atoms with Crippen molar-refractivity contribution in [3.63, 3.8) is 0 Å². The van der Waals surface area contributed by atoms with Gasteiger partial charge in [-0.3, -0.25) is 0 Å². The predicted molar refractivity (Wildman–Crippen MR) is 112 cm³/mol. The molecular weight excluding hydrogens is 372 g/mol. The van der Waals surface area contributed by atoms with E-state index in [-0.39, 0.29) is 23.6 Å². The van der Waals surface area contributed by atoms with E-state index in [1.165, 1.54) is 18.2 Å². The molecule has 0 aliphatic carbocycles. The Labute approximate surface area is 170 Å². The summed E-state index contributed by atoms with van der Waals surface area (Å²) in [6.45, 7) is 3.36. The molecule has 0 amide bonds. The quantitative estimate of drug-likeness (QED) is 0.428. The molecule has 1 saturated heterocycles. The zero-order valence-corrected chi connectivity index (χ0v) is 16.6. The minimum absolute atomic E-state index is 0.204. The van der Waals surface area contributed by atoms with E-state index in [0.717, 1.165) is 68.7 Å². The molecule has 6 heteroatoms. The third-order valence-electron chi connectivity index (χ3n) is 6.22. The first kappa shape index (κ1) is 20.0. The normalized spacial score (nSPS) is 21.1. The maximum atomic E-state index is 14.0. The summed E-state index contributed by atoms with van der Waals surface area (Å²) in [7, 11) is 0. The molecule has 0 aromatic heterocycles. The van der Waals surface area contributed by atoms with E-state index in [0.29, 0.717) is 6.54 Å². The summed E-state index contributed by atoms with van der Waals surface area (Å²) in [6.07, 6.45) is 5.11. The van der Waals surface area contributed by atoms with Gasteiger partial charge in [0.15, 0.2) is 0 Å². The number of halogens is 2. The van der Waals surface area contributed by atoms with Crippen LogP contribution in [0.25, 0.3) is 0 Å². The van der Waals surface area contributed by atoms with Gasteiger partial charge in [0.2, 0.25) is 0 Å². The van der Waals surface area contributed by atoms with E-state index in [4.69, 9.17) is 0 Å². The van der Waals surface area contributed by atoms with Crippen molar-refractivity contribution in [2.45, 2.75) is 44.1 Å². The lowest BCUT2D eigenvalue weighted by Crippen LogP contribution is -2.45. The highest BCUT2D eigenvalue weighted by atomic mass is 19.1. The van der Waals surface area contributed by atoms with E-state index in [1.807, 2.05) is 18.2 Å². The van der Waals surface area contributed by atoms with Crippen LogP contribution in [0, 0.1) is 16.5 Å². The number of nitroso groups, excluding NO2 is 1. The number of likely N-dealkylation sites (tertiary alicyclic amines) is 1. The minimum atomic E-state index is -0.248. The molecule has 2 atom stereocenters. The number of piperidine rings is 1. The average Bonchev–Trinajstić information content (AvgIpc) is 3.04. The summed E-state index contributed by atoms with van der Waals surface area (Å²) in [4.78, 5) is 14.9.